The molecule has 2 aliphatic rings. The first-order chi connectivity index (χ1) is 17.8. The van der Waals surface area contributed by atoms with Crippen molar-refractivity contribution in [1.82, 2.24) is 9.97 Å². The number of rotatable bonds is 18. The average molecular weight is 497 g/mol. The number of nitrogens with zero attached hydrogens (tertiary/aromatic N) is 2. The molecule has 0 unspecified atom stereocenters. The fraction of sp³-hybridized carbons (Fsp3) is 0.882. The summed E-state index contributed by atoms with van der Waals surface area (Å²) in [6, 6.07) is 0. The van der Waals surface area contributed by atoms with Crippen molar-refractivity contribution in [2.45, 2.75) is 168 Å². The van der Waals surface area contributed by atoms with Crippen LogP contribution in [0.5, 0.6) is 0 Å². The van der Waals surface area contributed by atoms with Gasteiger partial charge in [0, 0.05) is 18.8 Å². The Morgan fingerprint density at radius 2 is 1.00 bits per heavy atom. The molecule has 2 saturated carbocycles. The third-order valence-electron chi connectivity index (χ3n) is 9.77. The van der Waals surface area contributed by atoms with Gasteiger partial charge in [-0.2, -0.15) is 0 Å². The molecule has 2 nitrogen and oxygen atoms in total. The highest BCUT2D eigenvalue weighted by molar-refractivity contribution is 5.05. The van der Waals surface area contributed by atoms with Crippen LogP contribution in [0.2, 0.25) is 0 Å². The Labute approximate surface area is 225 Å². The minimum absolute atomic E-state index is 0.914. The normalized spacial score (nSPS) is 24.7. The maximum Gasteiger partial charge on any atom is 0.128 e. The Morgan fingerprint density at radius 1 is 0.528 bits per heavy atom. The molecule has 36 heavy (non-hydrogen) atoms. The van der Waals surface area contributed by atoms with Crippen LogP contribution < -0.4 is 0 Å². The van der Waals surface area contributed by atoms with Gasteiger partial charge in [0.1, 0.15) is 5.82 Å². The van der Waals surface area contributed by atoms with Gasteiger partial charge in [-0.25, -0.2) is 9.97 Å². The fourth-order valence-corrected chi connectivity index (χ4v) is 7.19. The van der Waals surface area contributed by atoms with Crippen LogP contribution in [0, 0.1) is 23.7 Å². The van der Waals surface area contributed by atoms with Crippen LogP contribution >= 0.6 is 0 Å². The van der Waals surface area contributed by atoms with Crippen molar-refractivity contribution in [1.29, 1.82) is 0 Å². The van der Waals surface area contributed by atoms with E-state index in [0.29, 0.717) is 0 Å². The topological polar surface area (TPSA) is 25.8 Å². The van der Waals surface area contributed by atoms with Gasteiger partial charge in [-0.1, -0.05) is 117 Å². The molecular weight excluding hydrogens is 436 g/mol. The second-order valence-corrected chi connectivity index (χ2v) is 12.7. The second kappa shape index (κ2) is 18.4. The van der Waals surface area contributed by atoms with Crippen LogP contribution in [-0.2, 0) is 12.8 Å². The highest BCUT2D eigenvalue weighted by Gasteiger charge is 2.30. The van der Waals surface area contributed by atoms with Crippen molar-refractivity contribution in [2.75, 3.05) is 0 Å². The van der Waals surface area contributed by atoms with E-state index >= 15 is 0 Å². The third-order valence-corrected chi connectivity index (χ3v) is 9.77. The number of hydrogen-bond donors (Lipinski definition) is 0. The van der Waals surface area contributed by atoms with Gasteiger partial charge in [0.05, 0.1) is 0 Å². The maximum absolute atomic E-state index is 4.72. The summed E-state index contributed by atoms with van der Waals surface area (Å²) in [5.41, 5.74) is 1.33. The van der Waals surface area contributed by atoms with Crippen molar-refractivity contribution in [2.24, 2.45) is 23.7 Å². The summed E-state index contributed by atoms with van der Waals surface area (Å²) < 4.78 is 0. The van der Waals surface area contributed by atoms with E-state index < -0.39 is 0 Å². The van der Waals surface area contributed by atoms with Crippen molar-refractivity contribution in [3.05, 3.63) is 23.8 Å². The van der Waals surface area contributed by atoms with Gasteiger partial charge in [-0.15, -0.1) is 0 Å². The number of aryl methyl sites for hydroxylation is 2. The first-order valence-electron chi connectivity index (χ1n) is 16.6. The lowest BCUT2D eigenvalue weighted by Crippen LogP contribution is -2.26. The van der Waals surface area contributed by atoms with E-state index in [1.54, 1.807) is 0 Å². The van der Waals surface area contributed by atoms with Crippen molar-refractivity contribution in [3.63, 3.8) is 0 Å². The van der Waals surface area contributed by atoms with Crippen molar-refractivity contribution >= 4 is 0 Å². The minimum Gasteiger partial charge on any atom is -0.241 e. The Kier molecular flexibility index (Phi) is 15.1. The molecule has 0 radical (unpaired) electrons. The molecular formula is C34H60N2. The summed E-state index contributed by atoms with van der Waals surface area (Å²) in [5.74, 6) is 5.13. The van der Waals surface area contributed by atoms with Crippen LogP contribution in [-0.4, -0.2) is 9.97 Å². The minimum atomic E-state index is 0.914. The molecule has 1 aromatic rings. The van der Waals surface area contributed by atoms with E-state index in [1.165, 1.54) is 147 Å². The molecule has 0 aromatic carbocycles. The van der Waals surface area contributed by atoms with Crippen molar-refractivity contribution < 1.29 is 0 Å². The molecule has 2 heteroatoms. The average Bonchev–Trinajstić information content (AvgIpc) is 2.93. The van der Waals surface area contributed by atoms with Crippen LogP contribution in [0.4, 0.5) is 0 Å². The SMILES string of the molecule is CCCCCCCCCc1cnc(CC[C@H]2CC[C@H]([C@H]3CC[C@H](CCCCCCC)CC3)CC2)nc1. The molecule has 3 rings (SSSR count). The van der Waals surface area contributed by atoms with Gasteiger partial charge < -0.3 is 0 Å². The summed E-state index contributed by atoms with van der Waals surface area (Å²) in [6.45, 7) is 4.61. The maximum atomic E-state index is 4.72. The zero-order chi connectivity index (χ0) is 25.3. The van der Waals surface area contributed by atoms with Gasteiger partial charge in [0.25, 0.3) is 0 Å². The second-order valence-electron chi connectivity index (χ2n) is 12.7. The molecule has 0 amide bonds. The van der Waals surface area contributed by atoms with E-state index in [9.17, 15) is 0 Å². The van der Waals surface area contributed by atoms with E-state index in [1.807, 2.05) is 0 Å². The smallest absolute Gasteiger partial charge is 0.128 e. The standard InChI is InChI=1S/C34H60N2/c1-3-5-7-9-10-12-14-16-31-27-35-34(36-28-31)26-21-30-19-24-33(25-20-30)32-22-17-29(18-23-32)15-13-11-8-6-4-2/h27-30,32-33H,3-26H2,1-2H3/t29-,30-,32-,33-. The zero-order valence-electron chi connectivity index (χ0n) is 24.3. The summed E-state index contributed by atoms with van der Waals surface area (Å²) in [5, 5.41) is 0. The van der Waals surface area contributed by atoms with Gasteiger partial charge in [0.2, 0.25) is 0 Å². The van der Waals surface area contributed by atoms with Gasteiger partial charge in [0.15, 0.2) is 0 Å². The quantitative estimate of drug-likeness (QED) is 0.189. The van der Waals surface area contributed by atoms with Gasteiger partial charge in [-0.05, 0) is 74.2 Å². The zero-order valence-corrected chi connectivity index (χ0v) is 24.3. The van der Waals surface area contributed by atoms with Crippen LogP contribution in [0.3, 0.4) is 0 Å². The molecule has 1 aromatic heterocycles. The molecule has 0 spiro atoms. The largest absolute Gasteiger partial charge is 0.241 e. The molecule has 206 valence electrons. The molecule has 0 saturated heterocycles. The lowest BCUT2D eigenvalue weighted by Gasteiger charge is -2.38. The summed E-state index contributed by atoms with van der Waals surface area (Å²) >= 11 is 0. The monoisotopic (exact) mass is 496 g/mol. The molecule has 2 aliphatic carbocycles. The Balaban J connectivity index is 1.22. The fourth-order valence-electron chi connectivity index (χ4n) is 7.19. The number of aromatic nitrogens is 2. The van der Waals surface area contributed by atoms with Gasteiger partial charge in [-0.3, -0.25) is 0 Å². The van der Waals surface area contributed by atoms with E-state index in [4.69, 9.17) is 9.97 Å². The molecule has 0 atom stereocenters. The molecule has 0 N–H and O–H groups in total. The Bertz CT molecular complexity index is 638. The Hall–Kier alpha value is -0.920. The molecule has 2 fully saturated rings. The van der Waals surface area contributed by atoms with E-state index in [0.717, 1.165) is 42.3 Å². The predicted molar refractivity (Wildman–Crippen MR) is 156 cm³/mol. The molecule has 0 bridgehead atoms. The lowest BCUT2D eigenvalue weighted by atomic mass is 9.68. The molecule has 0 aliphatic heterocycles. The van der Waals surface area contributed by atoms with Crippen LogP contribution in [0.1, 0.15) is 166 Å². The summed E-state index contributed by atoms with van der Waals surface area (Å²) in [4.78, 5) is 9.45. The summed E-state index contributed by atoms with van der Waals surface area (Å²) in [7, 11) is 0. The first-order valence-corrected chi connectivity index (χ1v) is 16.6. The van der Waals surface area contributed by atoms with Crippen LogP contribution in [0.25, 0.3) is 0 Å². The highest BCUT2D eigenvalue weighted by Crippen LogP contribution is 2.43. The lowest BCUT2D eigenvalue weighted by molar-refractivity contribution is 0.140. The highest BCUT2D eigenvalue weighted by atomic mass is 14.9. The van der Waals surface area contributed by atoms with Gasteiger partial charge >= 0.3 is 0 Å². The van der Waals surface area contributed by atoms with Crippen LogP contribution in [0.15, 0.2) is 12.4 Å². The Morgan fingerprint density at radius 3 is 1.56 bits per heavy atom. The van der Waals surface area contributed by atoms with E-state index in [2.05, 4.69) is 26.2 Å². The third kappa shape index (κ3) is 11.6. The van der Waals surface area contributed by atoms with Crippen molar-refractivity contribution in [3.8, 4) is 0 Å². The number of hydrogen-bond acceptors (Lipinski definition) is 2. The summed E-state index contributed by atoms with van der Waals surface area (Å²) in [6.07, 6.45) is 38.1. The molecule has 1 heterocycles. The predicted octanol–water partition coefficient (Wildman–Crippen LogP) is 10.7. The first kappa shape index (κ1) is 29.6. The number of unbranched alkanes of at least 4 members (excludes halogenated alkanes) is 10. The van der Waals surface area contributed by atoms with E-state index in [-0.39, 0.29) is 0 Å².